The molecule has 0 saturated carbocycles. The second-order valence-corrected chi connectivity index (χ2v) is 5.31. The van der Waals surface area contributed by atoms with Crippen molar-refractivity contribution in [3.8, 4) is 5.75 Å². The van der Waals surface area contributed by atoms with Crippen LogP contribution in [-0.4, -0.2) is 29.1 Å². The molecule has 2 aromatic rings. The maximum Gasteiger partial charge on any atom is 0.140 e. The summed E-state index contributed by atoms with van der Waals surface area (Å²) in [5, 5.41) is 0. The highest BCUT2D eigenvalue weighted by Crippen LogP contribution is 2.23. The average molecular weight is 284 g/mol. The van der Waals surface area contributed by atoms with E-state index in [1.807, 2.05) is 30.5 Å². The lowest BCUT2D eigenvalue weighted by Crippen LogP contribution is -2.39. The molecule has 1 fully saturated rings. The Hall–Kier alpha value is -2.14. The molecule has 1 aliphatic rings. The fraction of sp³-hybridized carbons (Fsp3) is 0.375. The third kappa shape index (κ3) is 3.70. The van der Waals surface area contributed by atoms with Crippen LogP contribution >= 0.6 is 0 Å². The zero-order valence-electron chi connectivity index (χ0n) is 12.0. The molecule has 0 radical (unpaired) electrons. The van der Waals surface area contributed by atoms with Gasteiger partial charge < -0.3 is 15.4 Å². The topological polar surface area (TPSA) is 64.3 Å². The summed E-state index contributed by atoms with van der Waals surface area (Å²) in [6.45, 7) is 2.41. The number of nitrogens with two attached hydrogens (primary N) is 1. The van der Waals surface area contributed by atoms with E-state index < -0.39 is 0 Å². The Kier molecular flexibility index (Phi) is 4.31. The molecule has 110 valence electrons. The van der Waals surface area contributed by atoms with Gasteiger partial charge in [0.1, 0.15) is 12.4 Å². The van der Waals surface area contributed by atoms with Gasteiger partial charge in [-0.2, -0.15) is 0 Å². The second kappa shape index (κ2) is 6.54. The van der Waals surface area contributed by atoms with E-state index in [4.69, 9.17) is 10.5 Å². The Morgan fingerprint density at radius 3 is 2.86 bits per heavy atom. The van der Waals surface area contributed by atoms with Crippen LogP contribution in [-0.2, 0) is 6.61 Å². The van der Waals surface area contributed by atoms with Crippen molar-refractivity contribution in [3.05, 3.63) is 48.5 Å². The number of pyridine rings is 2. The van der Waals surface area contributed by atoms with E-state index in [9.17, 15) is 0 Å². The van der Waals surface area contributed by atoms with E-state index in [1.54, 1.807) is 12.4 Å². The van der Waals surface area contributed by atoms with Gasteiger partial charge >= 0.3 is 0 Å². The van der Waals surface area contributed by atoms with Gasteiger partial charge in [-0.25, -0.2) is 0 Å². The average Bonchev–Trinajstić information content (AvgIpc) is 2.55. The predicted octanol–water partition coefficient (Wildman–Crippen LogP) is 1.98. The van der Waals surface area contributed by atoms with Crippen molar-refractivity contribution in [2.45, 2.75) is 25.5 Å². The Morgan fingerprint density at radius 1 is 1.24 bits per heavy atom. The van der Waals surface area contributed by atoms with Crippen LogP contribution in [0.4, 0.5) is 5.69 Å². The van der Waals surface area contributed by atoms with E-state index in [1.165, 1.54) is 0 Å². The smallest absolute Gasteiger partial charge is 0.140 e. The normalized spacial score (nSPS) is 16.0. The fourth-order valence-electron chi connectivity index (χ4n) is 2.46. The van der Waals surface area contributed by atoms with E-state index in [2.05, 4.69) is 14.9 Å². The van der Waals surface area contributed by atoms with Crippen LogP contribution in [0, 0.1) is 0 Å². The Bertz CT molecular complexity index is 567. The molecule has 0 aromatic carbocycles. The first kappa shape index (κ1) is 13.8. The van der Waals surface area contributed by atoms with Crippen molar-refractivity contribution in [1.82, 2.24) is 9.97 Å². The molecular formula is C16H20N4O. The van der Waals surface area contributed by atoms with Crippen molar-refractivity contribution in [1.29, 1.82) is 0 Å². The zero-order valence-corrected chi connectivity index (χ0v) is 12.0. The first-order valence-corrected chi connectivity index (χ1v) is 7.29. The number of hydrogen-bond acceptors (Lipinski definition) is 5. The third-order valence-corrected chi connectivity index (χ3v) is 3.72. The summed E-state index contributed by atoms with van der Waals surface area (Å²) in [4.78, 5) is 10.8. The molecule has 21 heavy (non-hydrogen) atoms. The van der Waals surface area contributed by atoms with Crippen LogP contribution in [0.5, 0.6) is 5.75 Å². The summed E-state index contributed by atoms with van der Waals surface area (Å²) >= 11 is 0. The van der Waals surface area contributed by atoms with Crippen molar-refractivity contribution in [3.63, 3.8) is 0 Å². The molecular weight excluding hydrogens is 264 g/mol. The van der Waals surface area contributed by atoms with Crippen LogP contribution < -0.4 is 15.4 Å². The number of nitrogens with zero attached hydrogens (tertiary/aromatic N) is 3. The summed E-state index contributed by atoms with van der Waals surface area (Å²) in [6.07, 6.45) is 7.44. The predicted molar refractivity (Wildman–Crippen MR) is 82.2 cm³/mol. The van der Waals surface area contributed by atoms with Crippen LogP contribution in [0.2, 0.25) is 0 Å². The number of piperidine rings is 1. The molecule has 2 N–H and O–H groups in total. The molecule has 5 nitrogen and oxygen atoms in total. The van der Waals surface area contributed by atoms with Crippen LogP contribution in [0.15, 0.2) is 42.9 Å². The number of hydrogen-bond donors (Lipinski definition) is 1. The summed E-state index contributed by atoms with van der Waals surface area (Å²) in [5.41, 5.74) is 7.95. The van der Waals surface area contributed by atoms with Crippen LogP contribution in [0.1, 0.15) is 18.5 Å². The second-order valence-electron chi connectivity index (χ2n) is 5.31. The molecule has 2 aromatic heterocycles. The quantitative estimate of drug-likeness (QED) is 0.930. The van der Waals surface area contributed by atoms with Gasteiger partial charge in [-0.3, -0.25) is 9.97 Å². The number of aromatic nitrogens is 2. The van der Waals surface area contributed by atoms with Gasteiger partial charge in [0.25, 0.3) is 0 Å². The van der Waals surface area contributed by atoms with Crippen molar-refractivity contribution < 1.29 is 4.74 Å². The molecule has 0 amide bonds. The molecule has 3 heterocycles. The lowest BCUT2D eigenvalue weighted by molar-refractivity contribution is 0.300. The monoisotopic (exact) mass is 284 g/mol. The molecule has 3 rings (SSSR count). The first-order valence-electron chi connectivity index (χ1n) is 7.29. The standard InChI is InChI=1S/C16H20N4O/c17-13-4-7-20(8-5-13)15-9-16(11-18-10-15)21-12-14-3-1-2-6-19-14/h1-3,6,9-11,13H,4-5,7-8,12,17H2. The third-order valence-electron chi connectivity index (χ3n) is 3.72. The van der Waals surface area contributed by atoms with Crippen molar-refractivity contribution in [2.75, 3.05) is 18.0 Å². The highest BCUT2D eigenvalue weighted by Gasteiger charge is 2.16. The van der Waals surface area contributed by atoms with Crippen molar-refractivity contribution >= 4 is 5.69 Å². The SMILES string of the molecule is NC1CCN(c2cncc(OCc3ccccn3)c2)CC1. The van der Waals surface area contributed by atoms with E-state index in [0.717, 1.165) is 43.1 Å². The molecule has 0 spiro atoms. The van der Waals surface area contributed by atoms with E-state index >= 15 is 0 Å². The zero-order chi connectivity index (χ0) is 14.5. The minimum Gasteiger partial charge on any atom is -0.486 e. The van der Waals surface area contributed by atoms with Crippen molar-refractivity contribution in [2.24, 2.45) is 5.73 Å². The molecule has 0 bridgehead atoms. The van der Waals surface area contributed by atoms with Crippen LogP contribution in [0.25, 0.3) is 0 Å². The Morgan fingerprint density at radius 2 is 2.10 bits per heavy atom. The minimum atomic E-state index is 0.331. The Balaban J connectivity index is 1.63. The number of anilines is 1. The molecule has 0 atom stereocenters. The van der Waals surface area contributed by atoms with Gasteiger partial charge in [0.15, 0.2) is 0 Å². The highest BCUT2D eigenvalue weighted by atomic mass is 16.5. The van der Waals surface area contributed by atoms with Crippen LogP contribution in [0.3, 0.4) is 0 Å². The van der Waals surface area contributed by atoms with Gasteiger partial charge in [0.05, 0.1) is 23.8 Å². The highest BCUT2D eigenvalue weighted by molar-refractivity contribution is 5.48. The minimum absolute atomic E-state index is 0.331. The van der Waals surface area contributed by atoms with Gasteiger partial charge in [-0.1, -0.05) is 6.07 Å². The summed E-state index contributed by atoms with van der Waals surface area (Å²) in [6, 6.07) is 8.16. The number of ether oxygens (including phenoxy) is 1. The van der Waals surface area contributed by atoms with Gasteiger partial charge in [-0.15, -0.1) is 0 Å². The molecule has 0 unspecified atom stereocenters. The van der Waals surface area contributed by atoms with Gasteiger partial charge in [-0.05, 0) is 25.0 Å². The molecule has 1 saturated heterocycles. The van der Waals surface area contributed by atoms with E-state index in [-0.39, 0.29) is 0 Å². The van der Waals surface area contributed by atoms with Gasteiger partial charge in [0.2, 0.25) is 0 Å². The summed E-state index contributed by atoms with van der Waals surface area (Å²) < 4.78 is 5.77. The maximum atomic E-state index is 5.94. The first-order chi connectivity index (χ1) is 10.3. The molecule has 1 aliphatic heterocycles. The number of rotatable bonds is 4. The Labute approximate surface area is 124 Å². The summed E-state index contributed by atoms with van der Waals surface area (Å²) in [7, 11) is 0. The summed E-state index contributed by atoms with van der Waals surface area (Å²) in [5.74, 6) is 0.771. The molecule has 5 heteroatoms. The lowest BCUT2D eigenvalue weighted by Gasteiger charge is -2.31. The van der Waals surface area contributed by atoms with Gasteiger partial charge in [0, 0.05) is 31.4 Å². The van der Waals surface area contributed by atoms with E-state index in [0.29, 0.717) is 12.6 Å². The molecule has 0 aliphatic carbocycles. The fourth-order valence-corrected chi connectivity index (χ4v) is 2.46. The largest absolute Gasteiger partial charge is 0.486 e. The lowest BCUT2D eigenvalue weighted by atomic mass is 10.1. The maximum absolute atomic E-state index is 5.94.